The predicted molar refractivity (Wildman–Crippen MR) is 54.8 cm³/mol. The van der Waals surface area contributed by atoms with E-state index < -0.39 is 0 Å². The van der Waals surface area contributed by atoms with E-state index in [1.807, 2.05) is 0 Å². The topological polar surface area (TPSA) is 68.0 Å². The molecule has 1 aliphatic rings. The Morgan fingerprint density at radius 2 is 2.57 bits per heavy atom. The maximum absolute atomic E-state index is 11.2. The van der Waals surface area contributed by atoms with E-state index in [4.69, 9.17) is 5.73 Å². The molecule has 5 heteroatoms. The third kappa shape index (κ3) is 2.30. The van der Waals surface area contributed by atoms with Crippen LogP contribution in [0.5, 0.6) is 0 Å². The first kappa shape index (κ1) is 9.61. The molecule has 3 N–H and O–H groups in total. The van der Waals surface area contributed by atoms with E-state index >= 15 is 0 Å². The largest absolute Gasteiger partial charge is 0.368 e. The van der Waals surface area contributed by atoms with Crippen molar-refractivity contribution in [1.82, 2.24) is 10.3 Å². The molecule has 2 rings (SSSR count). The van der Waals surface area contributed by atoms with Gasteiger partial charge in [0.1, 0.15) is 6.04 Å². The number of nitrogens with two attached hydrogens (primary N) is 1. The highest BCUT2D eigenvalue weighted by Crippen LogP contribution is 2.28. The van der Waals surface area contributed by atoms with Crippen LogP contribution in [0.4, 0.5) is 0 Å². The third-order valence-electron chi connectivity index (χ3n) is 2.33. The van der Waals surface area contributed by atoms with Crippen molar-refractivity contribution < 1.29 is 4.79 Å². The Labute approximate surface area is 86.5 Å². The van der Waals surface area contributed by atoms with Gasteiger partial charge >= 0.3 is 0 Å². The summed E-state index contributed by atoms with van der Waals surface area (Å²) in [6.45, 7) is 0.880. The SMILES string of the molecule is NC(=O)C(NCC1CC1)c1cncs1. The molecule has 1 fully saturated rings. The second-order valence-electron chi connectivity index (χ2n) is 3.59. The summed E-state index contributed by atoms with van der Waals surface area (Å²) < 4.78 is 0. The molecular weight excluding hydrogens is 198 g/mol. The molecule has 4 nitrogen and oxygen atoms in total. The molecule has 1 aliphatic carbocycles. The Morgan fingerprint density at radius 1 is 1.79 bits per heavy atom. The van der Waals surface area contributed by atoms with E-state index in [9.17, 15) is 4.79 Å². The van der Waals surface area contributed by atoms with Gasteiger partial charge in [0, 0.05) is 6.20 Å². The Bertz CT molecular complexity index is 308. The van der Waals surface area contributed by atoms with Crippen LogP contribution in [-0.4, -0.2) is 17.4 Å². The molecule has 0 saturated heterocycles. The predicted octanol–water partition coefficient (Wildman–Crippen LogP) is 0.669. The fourth-order valence-corrected chi connectivity index (χ4v) is 2.02. The fraction of sp³-hybridized carbons (Fsp3) is 0.556. The van der Waals surface area contributed by atoms with Crippen molar-refractivity contribution in [3.63, 3.8) is 0 Å². The van der Waals surface area contributed by atoms with Crippen molar-refractivity contribution in [2.24, 2.45) is 11.7 Å². The molecule has 1 saturated carbocycles. The molecule has 0 aliphatic heterocycles. The van der Waals surface area contributed by atoms with E-state index in [1.54, 1.807) is 11.7 Å². The molecular formula is C9H13N3OS. The second-order valence-corrected chi connectivity index (χ2v) is 4.51. The van der Waals surface area contributed by atoms with Gasteiger partial charge in [-0.25, -0.2) is 0 Å². The molecule has 1 unspecified atom stereocenters. The van der Waals surface area contributed by atoms with Crippen LogP contribution in [-0.2, 0) is 4.79 Å². The van der Waals surface area contributed by atoms with E-state index in [1.165, 1.54) is 24.2 Å². The summed E-state index contributed by atoms with van der Waals surface area (Å²) in [5.74, 6) is 0.416. The average Bonchev–Trinajstić information content (AvgIpc) is 2.80. The molecule has 1 heterocycles. The van der Waals surface area contributed by atoms with Gasteiger partial charge in [-0.2, -0.15) is 0 Å². The molecule has 76 valence electrons. The summed E-state index contributed by atoms with van der Waals surface area (Å²) in [4.78, 5) is 16.0. The lowest BCUT2D eigenvalue weighted by atomic mass is 10.2. The Morgan fingerprint density at radius 3 is 3.07 bits per heavy atom. The van der Waals surface area contributed by atoms with Crippen LogP contribution in [0, 0.1) is 5.92 Å². The minimum absolute atomic E-state index is 0.324. The highest BCUT2D eigenvalue weighted by Gasteiger charge is 2.25. The zero-order valence-corrected chi connectivity index (χ0v) is 8.59. The van der Waals surface area contributed by atoms with Gasteiger partial charge in [0.2, 0.25) is 5.91 Å². The summed E-state index contributed by atoms with van der Waals surface area (Å²) >= 11 is 1.46. The fourth-order valence-electron chi connectivity index (χ4n) is 1.32. The Balaban J connectivity index is 1.96. The van der Waals surface area contributed by atoms with E-state index in [0.717, 1.165) is 17.3 Å². The first-order chi connectivity index (χ1) is 6.77. The summed E-state index contributed by atoms with van der Waals surface area (Å²) in [6.07, 6.45) is 4.22. The van der Waals surface area contributed by atoms with Crippen molar-refractivity contribution >= 4 is 17.2 Å². The number of hydrogen-bond acceptors (Lipinski definition) is 4. The lowest BCUT2D eigenvalue weighted by Crippen LogP contribution is -2.34. The maximum Gasteiger partial charge on any atom is 0.240 e. The van der Waals surface area contributed by atoms with Gasteiger partial charge in [0.05, 0.1) is 10.4 Å². The van der Waals surface area contributed by atoms with E-state index in [-0.39, 0.29) is 11.9 Å². The van der Waals surface area contributed by atoms with Gasteiger partial charge < -0.3 is 11.1 Å². The van der Waals surface area contributed by atoms with Crippen LogP contribution < -0.4 is 11.1 Å². The van der Waals surface area contributed by atoms with Crippen LogP contribution in [0.15, 0.2) is 11.7 Å². The zero-order chi connectivity index (χ0) is 9.97. The van der Waals surface area contributed by atoms with Gasteiger partial charge in [0.25, 0.3) is 0 Å². The van der Waals surface area contributed by atoms with E-state index in [0.29, 0.717) is 0 Å². The number of nitrogens with one attached hydrogen (secondary N) is 1. The first-order valence-corrected chi connectivity index (χ1v) is 5.56. The van der Waals surface area contributed by atoms with Gasteiger partial charge in [0.15, 0.2) is 0 Å². The molecule has 1 amide bonds. The lowest BCUT2D eigenvalue weighted by molar-refractivity contribution is -0.120. The number of rotatable bonds is 5. The third-order valence-corrected chi connectivity index (χ3v) is 3.17. The van der Waals surface area contributed by atoms with Gasteiger partial charge in [-0.1, -0.05) is 0 Å². The lowest BCUT2D eigenvalue weighted by Gasteiger charge is -2.12. The monoisotopic (exact) mass is 211 g/mol. The average molecular weight is 211 g/mol. The smallest absolute Gasteiger partial charge is 0.240 e. The van der Waals surface area contributed by atoms with Gasteiger partial charge in [-0.15, -0.1) is 11.3 Å². The van der Waals surface area contributed by atoms with Gasteiger partial charge in [-0.3, -0.25) is 9.78 Å². The number of carbonyl (C=O) groups excluding carboxylic acids is 1. The van der Waals surface area contributed by atoms with E-state index in [2.05, 4.69) is 10.3 Å². The minimum Gasteiger partial charge on any atom is -0.368 e. The van der Waals surface area contributed by atoms with Gasteiger partial charge in [-0.05, 0) is 25.3 Å². The van der Waals surface area contributed by atoms with Crippen molar-refractivity contribution in [3.05, 3.63) is 16.6 Å². The zero-order valence-electron chi connectivity index (χ0n) is 7.77. The van der Waals surface area contributed by atoms with Crippen LogP contribution >= 0.6 is 11.3 Å². The molecule has 1 aromatic rings. The number of amides is 1. The van der Waals surface area contributed by atoms with Crippen molar-refractivity contribution in [2.45, 2.75) is 18.9 Å². The molecule has 1 atom stereocenters. The van der Waals surface area contributed by atoms with Crippen molar-refractivity contribution in [1.29, 1.82) is 0 Å². The highest BCUT2D eigenvalue weighted by atomic mass is 32.1. The molecule has 1 aromatic heterocycles. The van der Waals surface area contributed by atoms with Crippen LogP contribution in [0.2, 0.25) is 0 Å². The minimum atomic E-state index is -0.358. The molecule has 0 spiro atoms. The number of hydrogen-bond donors (Lipinski definition) is 2. The standard InChI is InChI=1S/C9H13N3OS/c10-9(13)8(7-4-11-5-14-7)12-3-6-1-2-6/h4-6,8,12H,1-3H2,(H2,10,13). The van der Waals surface area contributed by atoms with Crippen molar-refractivity contribution in [2.75, 3.05) is 6.54 Å². The number of aromatic nitrogens is 1. The quantitative estimate of drug-likeness (QED) is 0.752. The molecule has 0 radical (unpaired) electrons. The molecule has 14 heavy (non-hydrogen) atoms. The summed E-state index contributed by atoms with van der Waals surface area (Å²) in [5.41, 5.74) is 7.02. The number of carbonyl (C=O) groups is 1. The summed E-state index contributed by atoms with van der Waals surface area (Å²) in [7, 11) is 0. The van der Waals surface area contributed by atoms with Crippen molar-refractivity contribution in [3.8, 4) is 0 Å². The normalized spacial score (nSPS) is 18.0. The number of nitrogens with zero attached hydrogens (tertiary/aromatic N) is 1. The second kappa shape index (κ2) is 4.06. The molecule has 0 aromatic carbocycles. The van der Waals surface area contributed by atoms with Crippen LogP contribution in [0.1, 0.15) is 23.8 Å². The van der Waals surface area contributed by atoms with Crippen LogP contribution in [0.25, 0.3) is 0 Å². The number of primary amides is 1. The number of thiazole rings is 1. The highest BCUT2D eigenvalue weighted by molar-refractivity contribution is 7.09. The van der Waals surface area contributed by atoms with Crippen LogP contribution in [0.3, 0.4) is 0 Å². The summed E-state index contributed by atoms with van der Waals surface area (Å²) in [6, 6.07) is -0.358. The molecule has 0 bridgehead atoms. The Kier molecular flexibility index (Phi) is 2.79. The Hall–Kier alpha value is -0.940. The first-order valence-electron chi connectivity index (χ1n) is 4.68. The maximum atomic E-state index is 11.2. The summed E-state index contributed by atoms with van der Waals surface area (Å²) in [5, 5.41) is 3.18.